The van der Waals surface area contributed by atoms with Crippen molar-refractivity contribution >= 4 is 27.7 Å². The van der Waals surface area contributed by atoms with Crippen LogP contribution in [0.25, 0.3) is 0 Å². The molecule has 1 aliphatic rings. The van der Waals surface area contributed by atoms with E-state index in [2.05, 4.69) is 21.2 Å². The number of halogens is 1. The highest BCUT2D eigenvalue weighted by atomic mass is 79.9. The van der Waals surface area contributed by atoms with Gasteiger partial charge in [0, 0.05) is 30.2 Å². The molecule has 0 aliphatic carbocycles. The van der Waals surface area contributed by atoms with Crippen molar-refractivity contribution in [2.45, 2.75) is 25.4 Å². The van der Waals surface area contributed by atoms with Crippen LogP contribution in [0.15, 0.2) is 53.0 Å². The van der Waals surface area contributed by atoms with Gasteiger partial charge in [0.2, 0.25) is 5.91 Å². The lowest BCUT2D eigenvalue weighted by Gasteiger charge is -2.24. The normalized spacial score (nSPS) is 15.9. The van der Waals surface area contributed by atoms with Gasteiger partial charge in [0.05, 0.1) is 6.61 Å². The molecule has 3 rings (SSSR count). The van der Waals surface area contributed by atoms with Crippen molar-refractivity contribution < 1.29 is 19.1 Å². The van der Waals surface area contributed by atoms with E-state index in [-0.39, 0.29) is 11.8 Å². The molecule has 154 valence electrons. The maximum atomic E-state index is 12.8. The largest absolute Gasteiger partial charge is 0.491 e. The van der Waals surface area contributed by atoms with E-state index in [0.717, 1.165) is 22.2 Å². The zero-order valence-electron chi connectivity index (χ0n) is 16.4. The van der Waals surface area contributed by atoms with Gasteiger partial charge in [-0.2, -0.15) is 0 Å². The molecular formula is C22H25BrN2O4. The van der Waals surface area contributed by atoms with E-state index in [4.69, 9.17) is 9.47 Å². The van der Waals surface area contributed by atoms with Gasteiger partial charge in [-0.05, 0) is 54.8 Å². The molecule has 2 amide bonds. The summed E-state index contributed by atoms with van der Waals surface area (Å²) in [4.78, 5) is 27.2. The third kappa shape index (κ3) is 5.81. The number of rotatable bonds is 8. The summed E-state index contributed by atoms with van der Waals surface area (Å²) >= 11 is 3.37. The molecule has 1 unspecified atom stereocenters. The number of benzene rings is 2. The van der Waals surface area contributed by atoms with E-state index < -0.39 is 6.04 Å². The van der Waals surface area contributed by atoms with Crippen LogP contribution in [-0.4, -0.2) is 49.6 Å². The monoisotopic (exact) mass is 460 g/mol. The van der Waals surface area contributed by atoms with Gasteiger partial charge in [-0.3, -0.25) is 9.59 Å². The van der Waals surface area contributed by atoms with E-state index in [1.807, 2.05) is 36.4 Å². The Morgan fingerprint density at radius 1 is 1.10 bits per heavy atom. The van der Waals surface area contributed by atoms with Gasteiger partial charge in [-0.1, -0.05) is 28.1 Å². The number of hydrogen-bond acceptors (Lipinski definition) is 4. The second-order valence-electron chi connectivity index (χ2n) is 6.87. The first-order valence-corrected chi connectivity index (χ1v) is 10.4. The Morgan fingerprint density at radius 2 is 1.83 bits per heavy atom. The van der Waals surface area contributed by atoms with Gasteiger partial charge >= 0.3 is 0 Å². The van der Waals surface area contributed by atoms with Crippen molar-refractivity contribution in [3.05, 3.63) is 64.1 Å². The molecule has 1 heterocycles. The lowest BCUT2D eigenvalue weighted by molar-refractivity contribution is -0.125. The van der Waals surface area contributed by atoms with Crippen molar-refractivity contribution in [3.63, 3.8) is 0 Å². The van der Waals surface area contributed by atoms with Gasteiger partial charge in [0.1, 0.15) is 18.4 Å². The number of ether oxygens (including phenoxy) is 2. The van der Waals surface area contributed by atoms with Gasteiger partial charge in [0.15, 0.2) is 0 Å². The van der Waals surface area contributed by atoms with E-state index >= 15 is 0 Å². The number of amides is 2. The minimum atomic E-state index is -0.428. The fraction of sp³-hybridized carbons (Fsp3) is 0.364. The average Bonchev–Trinajstić information content (AvgIpc) is 3.23. The van der Waals surface area contributed by atoms with Crippen molar-refractivity contribution in [3.8, 4) is 5.75 Å². The second kappa shape index (κ2) is 10.4. The fourth-order valence-electron chi connectivity index (χ4n) is 3.29. The number of nitrogens with one attached hydrogen (secondary N) is 1. The van der Waals surface area contributed by atoms with Gasteiger partial charge in [0.25, 0.3) is 5.91 Å². The molecule has 1 N–H and O–H groups in total. The van der Waals surface area contributed by atoms with Crippen molar-refractivity contribution in [2.75, 3.05) is 26.9 Å². The zero-order chi connectivity index (χ0) is 20.6. The molecule has 0 saturated carbocycles. The summed E-state index contributed by atoms with van der Waals surface area (Å²) in [6.07, 6.45) is 1.51. The summed E-state index contributed by atoms with van der Waals surface area (Å²) in [5.74, 6) is 0.542. The van der Waals surface area contributed by atoms with Crippen LogP contribution in [0.4, 0.5) is 0 Å². The molecule has 1 aliphatic heterocycles. The highest BCUT2D eigenvalue weighted by Gasteiger charge is 2.34. The minimum absolute atomic E-state index is 0.104. The second-order valence-corrected chi connectivity index (χ2v) is 7.78. The highest BCUT2D eigenvalue weighted by Crippen LogP contribution is 2.21. The molecule has 2 aromatic carbocycles. The van der Waals surface area contributed by atoms with Gasteiger partial charge in [-0.25, -0.2) is 0 Å². The molecule has 1 saturated heterocycles. The quantitative estimate of drug-likeness (QED) is 0.612. The lowest BCUT2D eigenvalue weighted by atomic mass is 10.1. The average molecular weight is 461 g/mol. The first-order chi connectivity index (χ1) is 14.1. The Labute approximate surface area is 179 Å². The summed E-state index contributed by atoms with van der Waals surface area (Å²) in [5.41, 5.74) is 1.57. The third-order valence-electron chi connectivity index (χ3n) is 4.85. The van der Waals surface area contributed by atoms with E-state index in [1.54, 1.807) is 24.1 Å². The van der Waals surface area contributed by atoms with Gasteiger partial charge in [-0.15, -0.1) is 0 Å². The van der Waals surface area contributed by atoms with Crippen LogP contribution >= 0.6 is 15.9 Å². The Balaban J connectivity index is 1.54. The predicted octanol–water partition coefficient (Wildman–Crippen LogP) is 3.40. The third-order valence-corrected chi connectivity index (χ3v) is 5.38. The number of methoxy groups -OCH3 is 1. The van der Waals surface area contributed by atoms with Crippen LogP contribution in [0.1, 0.15) is 28.8 Å². The number of likely N-dealkylation sites (tertiary alicyclic amines) is 1. The van der Waals surface area contributed by atoms with Crippen molar-refractivity contribution in [1.29, 1.82) is 0 Å². The molecule has 6 nitrogen and oxygen atoms in total. The van der Waals surface area contributed by atoms with Crippen LogP contribution in [0.3, 0.4) is 0 Å². The van der Waals surface area contributed by atoms with Crippen molar-refractivity contribution in [1.82, 2.24) is 10.2 Å². The minimum Gasteiger partial charge on any atom is -0.491 e. The van der Waals surface area contributed by atoms with Crippen LogP contribution in [0.5, 0.6) is 5.75 Å². The fourth-order valence-corrected chi connectivity index (χ4v) is 3.56. The molecular weight excluding hydrogens is 436 g/mol. The molecule has 1 fully saturated rings. The van der Waals surface area contributed by atoms with Crippen LogP contribution < -0.4 is 10.1 Å². The highest BCUT2D eigenvalue weighted by molar-refractivity contribution is 9.10. The van der Waals surface area contributed by atoms with Crippen LogP contribution in [0, 0.1) is 0 Å². The summed E-state index contributed by atoms with van der Waals surface area (Å²) < 4.78 is 11.4. The SMILES string of the molecule is COCCOc1ccc(CNC(=O)C2CCCN2C(=O)c2ccc(Br)cc2)cc1. The summed E-state index contributed by atoms with van der Waals surface area (Å²) in [6.45, 7) is 2.04. The summed E-state index contributed by atoms with van der Waals surface area (Å²) in [6, 6.07) is 14.4. The number of carbonyl (C=O) groups excluding carboxylic acids is 2. The number of carbonyl (C=O) groups is 2. The zero-order valence-corrected chi connectivity index (χ0v) is 18.0. The number of hydrogen-bond donors (Lipinski definition) is 1. The molecule has 1 atom stereocenters. The summed E-state index contributed by atoms with van der Waals surface area (Å²) in [5, 5.41) is 2.96. The first-order valence-electron chi connectivity index (χ1n) is 9.63. The smallest absolute Gasteiger partial charge is 0.254 e. The molecule has 0 radical (unpaired) electrons. The Hall–Kier alpha value is -2.38. The summed E-state index contributed by atoms with van der Waals surface area (Å²) in [7, 11) is 1.63. The Kier molecular flexibility index (Phi) is 7.66. The van der Waals surface area contributed by atoms with Crippen molar-refractivity contribution in [2.24, 2.45) is 0 Å². The maximum absolute atomic E-state index is 12.8. The predicted molar refractivity (Wildman–Crippen MR) is 114 cm³/mol. The Morgan fingerprint density at radius 3 is 2.52 bits per heavy atom. The number of nitrogens with zero attached hydrogens (tertiary/aromatic N) is 1. The molecule has 0 aromatic heterocycles. The standard InChI is InChI=1S/C22H25BrN2O4/c1-28-13-14-29-19-10-4-16(5-11-19)15-24-21(26)20-3-2-12-25(20)22(27)17-6-8-18(23)9-7-17/h4-11,20H,2-3,12-15H2,1H3,(H,24,26). The molecule has 0 spiro atoms. The van der Waals surface area contributed by atoms with Gasteiger partial charge < -0.3 is 19.7 Å². The molecule has 29 heavy (non-hydrogen) atoms. The molecule has 2 aromatic rings. The lowest BCUT2D eigenvalue weighted by Crippen LogP contribution is -2.45. The maximum Gasteiger partial charge on any atom is 0.254 e. The first kappa shape index (κ1) is 21.3. The van der Waals surface area contributed by atoms with Crippen LogP contribution in [-0.2, 0) is 16.1 Å². The molecule has 0 bridgehead atoms. The van der Waals surface area contributed by atoms with Crippen LogP contribution in [0.2, 0.25) is 0 Å². The Bertz CT molecular complexity index is 824. The van der Waals surface area contributed by atoms with E-state index in [9.17, 15) is 9.59 Å². The topological polar surface area (TPSA) is 67.9 Å². The van der Waals surface area contributed by atoms with E-state index in [1.165, 1.54) is 0 Å². The van der Waals surface area contributed by atoms with E-state index in [0.29, 0.717) is 38.3 Å². The molecule has 7 heteroatoms.